The third-order valence-corrected chi connectivity index (χ3v) is 18.7. The molecule has 1 fully saturated rings. The third-order valence-electron chi connectivity index (χ3n) is 18.7. The number of aliphatic hydroxyl groups excluding tert-OH is 3. The van der Waals surface area contributed by atoms with Gasteiger partial charge >= 0.3 is 12.1 Å². The Morgan fingerprint density at radius 1 is 0.762 bits per heavy atom. The largest absolute Gasteiger partial charge is 0.458 e. The number of carbonyl (C=O) groups is 10. The molecule has 1 unspecified atom stereocenters. The Morgan fingerprint density at radius 2 is 1.42 bits per heavy atom. The van der Waals surface area contributed by atoms with Gasteiger partial charge in [0.15, 0.2) is 11.8 Å². The minimum absolute atomic E-state index is 0.0186. The van der Waals surface area contributed by atoms with Crippen LogP contribution in [0.15, 0.2) is 95.8 Å². The van der Waals surface area contributed by atoms with E-state index in [9.17, 15) is 73.2 Å². The summed E-state index contributed by atoms with van der Waals surface area (Å²) in [5.74, 6) is -7.80. The second-order valence-corrected chi connectivity index (χ2v) is 25.1. The fourth-order valence-corrected chi connectivity index (χ4v) is 13.4. The molecule has 8 atom stereocenters. The SMILES string of the molecule is CC[C@@]1(O)C(=O)OCc2c1cc1n(c2=O)Cc2c-1nc1cc(F)c(C)c3c1c2[C@@H](NC(=O)COCNC(=O)CNC(=O)[C@H](Cc1ccccc1)NC(=O)CNC(=O)CNC(=O)[C@H](CCC(=O)NC1O[C@H](CO)[C@@H](O)[C@H]1O)NC(=O)CCOC(=O)N(C)C1c2ccccc2-c2ccccc21)CC3. The van der Waals surface area contributed by atoms with Crippen molar-refractivity contribution in [3.8, 4) is 22.5 Å². The predicted molar refractivity (Wildman–Crippen MR) is 353 cm³/mol. The van der Waals surface area contributed by atoms with Crippen LogP contribution in [0.4, 0.5) is 9.18 Å². The quantitative estimate of drug-likeness (QED) is 0.0181. The number of aromatic nitrogens is 2. The number of amides is 9. The molecule has 0 bridgehead atoms. The van der Waals surface area contributed by atoms with Crippen molar-refractivity contribution in [1.29, 1.82) is 0 Å². The fraction of sp³-hybridized carbons (Fsp3) is 0.400. The number of halogens is 1. The molecular formula is C70H76FN11O19. The zero-order valence-electron chi connectivity index (χ0n) is 55.2. The van der Waals surface area contributed by atoms with Gasteiger partial charge in [-0.25, -0.2) is 19.0 Å². The molecule has 3 aliphatic heterocycles. The van der Waals surface area contributed by atoms with Gasteiger partial charge in [-0.2, -0.15) is 0 Å². The first-order valence-electron chi connectivity index (χ1n) is 32.9. The molecule has 5 heterocycles. The third kappa shape index (κ3) is 15.3. The van der Waals surface area contributed by atoms with E-state index in [1.807, 2.05) is 48.5 Å². The highest BCUT2D eigenvalue weighted by molar-refractivity contribution is 5.96. The van der Waals surface area contributed by atoms with E-state index in [1.54, 1.807) is 57.3 Å². The maximum Gasteiger partial charge on any atom is 0.410 e. The molecule has 12 N–H and O–H groups in total. The van der Waals surface area contributed by atoms with Crippen molar-refractivity contribution in [3.05, 3.63) is 157 Å². The summed E-state index contributed by atoms with van der Waals surface area (Å²) in [7, 11) is 1.57. The molecule has 2 aromatic heterocycles. The Morgan fingerprint density at radius 3 is 2.10 bits per heavy atom. The summed E-state index contributed by atoms with van der Waals surface area (Å²) in [6.07, 6.45) is -7.24. The van der Waals surface area contributed by atoms with E-state index in [0.29, 0.717) is 57.4 Å². The molecule has 30 nitrogen and oxygen atoms in total. The van der Waals surface area contributed by atoms with Crippen LogP contribution in [0.2, 0.25) is 0 Å². The van der Waals surface area contributed by atoms with Gasteiger partial charge in [-0.3, -0.25) is 43.2 Å². The summed E-state index contributed by atoms with van der Waals surface area (Å²) in [6.45, 7) is -1.27. The molecule has 1 saturated heterocycles. The first kappa shape index (κ1) is 71.7. The van der Waals surface area contributed by atoms with E-state index in [0.717, 1.165) is 22.3 Å². The van der Waals surface area contributed by atoms with E-state index < -0.39 is 190 Å². The summed E-state index contributed by atoms with van der Waals surface area (Å²) < 4.78 is 38.5. The first-order valence-corrected chi connectivity index (χ1v) is 32.9. The number of nitrogens with zero attached hydrogens (tertiary/aromatic N) is 3. The molecule has 0 saturated carbocycles. The zero-order chi connectivity index (χ0) is 72.0. The Kier molecular flexibility index (Phi) is 21.9. The monoisotopic (exact) mass is 1390 g/mol. The van der Waals surface area contributed by atoms with Gasteiger partial charge in [-0.05, 0) is 83.2 Å². The van der Waals surface area contributed by atoms with Crippen molar-refractivity contribution in [2.75, 3.05) is 53.2 Å². The fourth-order valence-electron chi connectivity index (χ4n) is 13.4. The topological polar surface area (TPSA) is 423 Å². The number of pyridine rings is 2. The number of esters is 1. The Balaban J connectivity index is 0.649. The van der Waals surface area contributed by atoms with Crippen molar-refractivity contribution in [2.24, 2.45) is 0 Å². The second kappa shape index (κ2) is 30.9. The normalized spacial score (nSPS) is 19.5. The molecular weight excluding hydrogens is 1320 g/mol. The smallest absolute Gasteiger partial charge is 0.410 e. The highest BCUT2D eigenvalue weighted by Gasteiger charge is 2.47. The van der Waals surface area contributed by atoms with Crippen molar-refractivity contribution in [3.63, 3.8) is 0 Å². The Labute approximate surface area is 576 Å². The van der Waals surface area contributed by atoms with Gasteiger partial charge in [0, 0.05) is 42.5 Å². The number of hydrogen-bond donors (Lipinski definition) is 12. The number of rotatable bonds is 27. The van der Waals surface area contributed by atoms with Crippen LogP contribution in [0.3, 0.4) is 0 Å². The summed E-state index contributed by atoms with van der Waals surface area (Å²) in [5.41, 5.74) is 5.14. The van der Waals surface area contributed by atoms with Gasteiger partial charge in [0.1, 0.15) is 62.8 Å². The van der Waals surface area contributed by atoms with Crippen molar-refractivity contribution in [2.45, 2.75) is 126 Å². The molecule has 11 rings (SSSR count). The van der Waals surface area contributed by atoms with Crippen molar-refractivity contribution in [1.82, 2.24) is 57.0 Å². The van der Waals surface area contributed by atoms with E-state index in [4.69, 9.17) is 23.9 Å². The Bertz CT molecular complexity index is 4300. The molecule has 6 aromatic rings. The Hall–Kier alpha value is -10.6. The van der Waals surface area contributed by atoms with Crippen LogP contribution < -0.4 is 48.1 Å². The number of benzene rings is 4. The number of aliphatic hydroxyl groups is 4. The van der Waals surface area contributed by atoms with Crippen molar-refractivity contribution >= 4 is 70.2 Å². The van der Waals surface area contributed by atoms with Gasteiger partial charge in [0.05, 0.1) is 73.8 Å². The van der Waals surface area contributed by atoms with Gasteiger partial charge in [-0.15, -0.1) is 0 Å². The molecule has 5 aliphatic rings. The minimum Gasteiger partial charge on any atom is -0.458 e. The highest BCUT2D eigenvalue weighted by Crippen LogP contribution is 2.48. The molecule has 101 heavy (non-hydrogen) atoms. The highest BCUT2D eigenvalue weighted by atomic mass is 19.1. The van der Waals surface area contributed by atoms with Gasteiger partial charge in [0.25, 0.3) is 5.56 Å². The van der Waals surface area contributed by atoms with Crippen LogP contribution >= 0.6 is 0 Å². The number of cyclic esters (lactones) is 1. The summed E-state index contributed by atoms with van der Waals surface area (Å²) in [6, 6.07) is 22.6. The van der Waals surface area contributed by atoms with E-state index in [1.165, 1.54) is 15.5 Å². The molecule has 4 aromatic carbocycles. The van der Waals surface area contributed by atoms with Crippen LogP contribution in [0, 0.1) is 12.7 Å². The van der Waals surface area contributed by atoms with Crippen LogP contribution in [-0.4, -0.2) is 184 Å². The maximum absolute atomic E-state index is 15.5. The molecule has 31 heteroatoms. The molecule has 0 radical (unpaired) electrons. The number of hydrogen-bond acceptors (Lipinski definition) is 20. The van der Waals surface area contributed by atoms with Crippen LogP contribution in [0.5, 0.6) is 0 Å². The maximum atomic E-state index is 15.5. The van der Waals surface area contributed by atoms with Gasteiger partial charge in [-0.1, -0.05) is 85.8 Å². The van der Waals surface area contributed by atoms with Gasteiger partial charge < -0.3 is 91.4 Å². The standard InChI is InChI=1S/C70H76FN11O19/c1-4-70(97)44-25-50-60-42(30-82(50)67(94)43(44)32-100-68(70)95)59-46(19-18-37-35(2)45(71)26-48(79-60)58(37)59)76-57(89)33-98-34-75-55(87)28-74-65(93)49(24-36-12-6-5-7-13-36)78-56(88)29-72-54(86)27-73-64(92)47(20-21-52(84)80-66-63(91)62(90)51(31-83)101-66)77-53(85)22-23-99-69(96)81(3)61-40-16-10-8-14-38(40)39-15-9-11-17-41(39)61/h5-17,25-26,46-47,49,51,61-63,66,83,90-91,97H,4,18-24,27-34H2,1-3H3,(H,72,86)(H,73,92)(H,74,93)(H,75,87)(H,76,89)(H,77,85)(H,78,88)(H,80,84)/t46-,47-,49-,51+,62+,63+,66?,70-/m0/s1. The molecule has 9 amide bonds. The lowest BCUT2D eigenvalue weighted by atomic mass is 9.81. The molecule has 0 spiro atoms. The van der Waals surface area contributed by atoms with E-state index in [-0.39, 0.29) is 42.6 Å². The number of carbonyl (C=O) groups excluding carboxylic acids is 10. The van der Waals surface area contributed by atoms with Gasteiger partial charge in [0.2, 0.25) is 47.3 Å². The lowest BCUT2D eigenvalue weighted by Crippen LogP contribution is -2.53. The van der Waals surface area contributed by atoms with Crippen molar-refractivity contribution < 1.29 is 91.7 Å². The lowest BCUT2D eigenvalue weighted by Gasteiger charge is -2.31. The second-order valence-electron chi connectivity index (χ2n) is 25.1. The molecule has 532 valence electrons. The number of aryl methyl sites for hydroxylation is 1. The average Bonchev–Trinajstić information content (AvgIpc) is 1.62. The predicted octanol–water partition coefficient (Wildman–Crippen LogP) is -0.154. The lowest BCUT2D eigenvalue weighted by molar-refractivity contribution is -0.172. The summed E-state index contributed by atoms with van der Waals surface area (Å²) in [4.78, 5) is 153. The average molecular weight is 1390 g/mol. The number of ether oxygens (including phenoxy) is 4. The van der Waals surface area contributed by atoms with E-state index >= 15 is 4.39 Å². The minimum atomic E-state index is -2.08. The zero-order valence-corrected chi connectivity index (χ0v) is 55.2. The van der Waals surface area contributed by atoms with Crippen LogP contribution in [-0.2, 0) is 93.7 Å². The van der Waals surface area contributed by atoms with Crippen LogP contribution in [0.25, 0.3) is 33.4 Å². The number of fused-ring (bicyclic) bond motifs is 8. The summed E-state index contributed by atoms with van der Waals surface area (Å²) in [5, 5.41) is 62.0. The van der Waals surface area contributed by atoms with Crippen LogP contribution in [0.1, 0.15) is 101 Å². The van der Waals surface area contributed by atoms with E-state index in [2.05, 4.69) is 42.5 Å². The molecule has 2 aliphatic carbocycles. The number of nitrogens with one attached hydrogen (secondary N) is 8. The summed E-state index contributed by atoms with van der Waals surface area (Å²) >= 11 is 0. The first-order chi connectivity index (χ1) is 48.5.